The molecule has 1 saturated heterocycles. The van der Waals surface area contributed by atoms with Crippen molar-refractivity contribution in [1.82, 2.24) is 24.4 Å². The number of rotatable bonds is 5. The number of aryl methyl sites for hydroxylation is 1. The molecule has 0 bridgehead atoms. The highest BCUT2D eigenvalue weighted by Gasteiger charge is 2.43. The Balaban J connectivity index is 1.53. The molecule has 3 aromatic heterocycles. The number of aromatic nitrogens is 4. The third kappa shape index (κ3) is 4.37. The fourth-order valence-electron chi connectivity index (χ4n) is 5.28. The van der Waals surface area contributed by atoms with E-state index in [1.807, 2.05) is 30.5 Å². The quantitative estimate of drug-likeness (QED) is 0.351. The van der Waals surface area contributed by atoms with Crippen molar-refractivity contribution in [2.75, 3.05) is 18.2 Å². The van der Waals surface area contributed by atoms with Gasteiger partial charge in [0.05, 0.1) is 18.0 Å². The summed E-state index contributed by atoms with van der Waals surface area (Å²) in [7, 11) is 1.61. The molecule has 1 aliphatic rings. The van der Waals surface area contributed by atoms with E-state index in [1.54, 1.807) is 30.2 Å². The van der Waals surface area contributed by atoms with Crippen molar-refractivity contribution >= 4 is 61.3 Å². The number of pyridine rings is 1. The van der Waals surface area contributed by atoms with Gasteiger partial charge in [0.15, 0.2) is 0 Å². The number of ether oxygens (including phenoxy) is 1. The molecule has 0 radical (unpaired) electrons. The largest absolute Gasteiger partial charge is 0.497 e. The Morgan fingerprint density at radius 1 is 1.24 bits per heavy atom. The summed E-state index contributed by atoms with van der Waals surface area (Å²) in [6.07, 6.45) is 1.96. The highest BCUT2D eigenvalue weighted by molar-refractivity contribution is 9.10. The minimum Gasteiger partial charge on any atom is -0.497 e. The van der Waals surface area contributed by atoms with Gasteiger partial charge in [-0.2, -0.15) is 0 Å². The number of halogens is 1. The van der Waals surface area contributed by atoms with Crippen LogP contribution in [0.5, 0.6) is 5.75 Å². The van der Waals surface area contributed by atoms with Crippen molar-refractivity contribution in [2.24, 2.45) is 5.92 Å². The first-order valence-electron chi connectivity index (χ1n) is 12.0. The van der Waals surface area contributed by atoms with E-state index in [4.69, 9.17) is 10.5 Å². The fraction of sp³-hybridized carbons (Fsp3) is 0.346. The van der Waals surface area contributed by atoms with Crippen molar-refractivity contribution in [3.63, 3.8) is 0 Å². The van der Waals surface area contributed by atoms with Gasteiger partial charge < -0.3 is 25.3 Å². The molecule has 1 aromatic carbocycles. The van der Waals surface area contributed by atoms with Gasteiger partial charge in [-0.1, -0.05) is 13.0 Å². The third-order valence-electron chi connectivity index (χ3n) is 7.20. The lowest BCUT2D eigenvalue weighted by Gasteiger charge is -2.29. The molecular weight excluding hydrogens is 538 g/mol. The van der Waals surface area contributed by atoms with E-state index in [2.05, 4.69) is 43.1 Å². The summed E-state index contributed by atoms with van der Waals surface area (Å²) in [5.41, 5.74) is 8.56. The van der Waals surface area contributed by atoms with Crippen LogP contribution in [-0.2, 0) is 16.1 Å². The number of benzene rings is 1. The number of methoxy groups -OCH3 is 1. The second-order valence-electron chi connectivity index (χ2n) is 9.49. The van der Waals surface area contributed by atoms with Gasteiger partial charge in [0.25, 0.3) is 0 Å². The Morgan fingerprint density at radius 2 is 2.03 bits per heavy atom. The van der Waals surface area contributed by atoms with Crippen LogP contribution in [0.3, 0.4) is 0 Å². The van der Waals surface area contributed by atoms with E-state index in [1.165, 1.54) is 6.33 Å². The Bertz CT molecular complexity index is 1540. The predicted molar refractivity (Wildman–Crippen MR) is 145 cm³/mol. The van der Waals surface area contributed by atoms with E-state index in [9.17, 15) is 9.59 Å². The number of hydrogen-bond donors (Lipinski definition) is 2. The van der Waals surface area contributed by atoms with E-state index < -0.39 is 6.04 Å². The lowest BCUT2D eigenvalue weighted by Crippen LogP contribution is -2.47. The highest BCUT2D eigenvalue weighted by Crippen LogP contribution is 2.36. The predicted octanol–water partition coefficient (Wildman–Crippen LogP) is 3.91. The van der Waals surface area contributed by atoms with Crippen molar-refractivity contribution in [3.8, 4) is 5.75 Å². The number of likely N-dealkylation sites (tertiary alicyclic amines) is 1. The van der Waals surface area contributed by atoms with Crippen LogP contribution in [0.1, 0.15) is 25.8 Å². The number of fused-ring (bicyclic) bond motifs is 3. The minimum absolute atomic E-state index is 0.000400. The van der Waals surface area contributed by atoms with E-state index >= 15 is 0 Å². The molecule has 5 rings (SSSR count). The number of nitrogens with zero attached hydrogens (tertiary/aromatic N) is 5. The van der Waals surface area contributed by atoms with E-state index in [0.717, 1.165) is 16.5 Å². The first kappa shape index (κ1) is 24.9. The summed E-state index contributed by atoms with van der Waals surface area (Å²) in [5, 5.41) is 4.35. The van der Waals surface area contributed by atoms with Crippen LogP contribution in [0.4, 0.5) is 11.6 Å². The molecule has 37 heavy (non-hydrogen) atoms. The van der Waals surface area contributed by atoms with Gasteiger partial charge in [-0.15, -0.1) is 0 Å². The van der Waals surface area contributed by atoms with Gasteiger partial charge in [-0.05, 0) is 71.9 Å². The Hall–Kier alpha value is -3.73. The second-order valence-corrected chi connectivity index (χ2v) is 10.3. The molecule has 3 N–H and O–H groups in total. The molecule has 2 amide bonds. The maximum atomic E-state index is 13.9. The summed E-state index contributed by atoms with van der Waals surface area (Å²) in [5.74, 6) is 1.15. The molecule has 10 nitrogen and oxygen atoms in total. The zero-order valence-corrected chi connectivity index (χ0v) is 22.6. The Labute approximate surface area is 222 Å². The van der Waals surface area contributed by atoms with Gasteiger partial charge in [0.2, 0.25) is 11.8 Å². The molecule has 0 saturated carbocycles. The van der Waals surface area contributed by atoms with Gasteiger partial charge in [0, 0.05) is 11.4 Å². The lowest BCUT2D eigenvalue weighted by atomic mass is 10.0. The Kier molecular flexibility index (Phi) is 6.49. The summed E-state index contributed by atoms with van der Waals surface area (Å²) < 4.78 is 7.95. The van der Waals surface area contributed by atoms with Gasteiger partial charge in [-0.25, -0.2) is 15.0 Å². The van der Waals surface area contributed by atoms with E-state index in [-0.39, 0.29) is 30.3 Å². The van der Waals surface area contributed by atoms with Gasteiger partial charge in [-0.3, -0.25) is 9.59 Å². The number of anilines is 2. The van der Waals surface area contributed by atoms with Gasteiger partial charge >= 0.3 is 0 Å². The lowest BCUT2D eigenvalue weighted by molar-refractivity contribution is -0.139. The molecule has 11 heteroatoms. The minimum atomic E-state index is -0.618. The van der Waals surface area contributed by atoms with Crippen molar-refractivity contribution < 1.29 is 14.3 Å². The molecule has 0 aliphatic carbocycles. The molecule has 4 heterocycles. The van der Waals surface area contributed by atoms with Crippen LogP contribution in [0.15, 0.2) is 41.3 Å². The summed E-state index contributed by atoms with van der Waals surface area (Å²) in [4.78, 5) is 41.8. The average molecular weight is 566 g/mol. The second kappa shape index (κ2) is 9.62. The SMILES string of the molecule is COc1cc(C)c2c(c1)c1c(N)ncnc1n2CC(=O)N1[C@H](C)[C@@H](C)C[C@H]1C(=O)Nc1cccc(Br)n1. The number of nitrogens with two attached hydrogens (primary N) is 1. The fourth-order valence-corrected chi connectivity index (χ4v) is 5.63. The number of hydrogen-bond acceptors (Lipinski definition) is 7. The summed E-state index contributed by atoms with van der Waals surface area (Å²) in [6, 6.07) is 8.35. The van der Waals surface area contributed by atoms with Crippen LogP contribution in [0.25, 0.3) is 21.9 Å². The first-order valence-corrected chi connectivity index (χ1v) is 12.8. The van der Waals surface area contributed by atoms with Crippen LogP contribution in [0, 0.1) is 12.8 Å². The van der Waals surface area contributed by atoms with Crippen LogP contribution in [0.2, 0.25) is 0 Å². The first-order chi connectivity index (χ1) is 17.7. The molecule has 4 aromatic rings. The smallest absolute Gasteiger partial charge is 0.248 e. The number of nitrogen functional groups attached to an aromatic ring is 1. The molecule has 1 aliphatic heterocycles. The van der Waals surface area contributed by atoms with Crippen molar-refractivity contribution in [2.45, 2.75) is 45.8 Å². The number of carbonyl (C=O) groups is 2. The molecule has 0 spiro atoms. The van der Waals surface area contributed by atoms with Crippen LogP contribution >= 0.6 is 15.9 Å². The highest BCUT2D eigenvalue weighted by atomic mass is 79.9. The molecule has 1 fully saturated rings. The standard InChI is InChI=1S/C26H28BrN7O3/c1-13-9-18(26(36)32-20-7-5-6-19(27)31-20)34(15(13)3)21(35)11-33-23-14(2)8-16(37-4)10-17(23)22-24(28)29-12-30-25(22)33/h5-8,10,12-13,15,18H,9,11H2,1-4H3,(H2,28,29,30)(H,31,32,36)/t13-,15+,18-/m0/s1. The maximum Gasteiger partial charge on any atom is 0.248 e. The van der Waals surface area contributed by atoms with Gasteiger partial charge in [0.1, 0.15) is 46.5 Å². The zero-order chi connectivity index (χ0) is 26.4. The molecule has 192 valence electrons. The molecule has 0 unspecified atom stereocenters. The number of carbonyl (C=O) groups excluding carboxylic acids is 2. The maximum absolute atomic E-state index is 13.9. The van der Waals surface area contributed by atoms with Crippen LogP contribution < -0.4 is 15.8 Å². The van der Waals surface area contributed by atoms with Crippen molar-refractivity contribution in [3.05, 3.63) is 46.8 Å². The van der Waals surface area contributed by atoms with Crippen LogP contribution in [-0.4, -0.2) is 55.4 Å². The van der Waals surface area contributed by atoms with E-state index in [0.29, 0.717) is 39.4 Å². The third-order valence-corrected chi connectivity index (χ3v) is 7.65. The summed E-state index contributed by atoms with van der Waals surface area (Å²) >= 11 is 3.33. The Morgan fingerprint density at radius 3 is 2.76 bits per heavy atom. The molecule has 3 atom stereocenters. The topological polar surface area (TPSA) is 128 Å². The average Bonchev–Trinajstić information content (AvgIpc) is 3.34. The zero-order valence-electron chi connectivity index (χ0n) is 21.0. The number of nitrogens with one attached hydrogen (secondary N) is 1. The molecular formula is C26H28BrN7O3. The van der Waals surface area contributed by atoms with Crippen molar-refractivity contribution in [1.29, 1.82) is 0 Å². The summed E-state index contributed by atoms with van der Waals surface area (Å²) in [6.45, 7) is 5.99. The number of amides is 2. The monoisotopic (exact) mass is 565 g/mol. The normalized spacial score (nSPS) is 19.5.